The maximum Gasteiger partial charge on any atom is 0.101 e. The van der Waals surface area contributed by atoms with Crippen molar-refractivity contribution in [2.75, 3.05) is 0 Å². The minimum absolute atomic E-state index is 0.687. The molecule has 0 saturated carbocycles. The summed E-state index contributed by atoms with van der Waals surface area (Å²) in [6.45, 7) is 0. The van der Waals surface area contributed by atoms with Crippen molar-refractivity contribution >= 4 is 89.1 Å². The van der Waals surface area contributed by atoms with Gasteiger partial charge in [0.05, 0.1) is 31.6 Å². The molecular weight excluding hydrogens is 521 g/mol. The van der Waals surface area contributed by atoms with Gasteiger partial charge in [-0.05, 0) is 59.3 Å². The molecule has 0 radical (unpaired) electrons. The van der Waals surface area contributed by atoms with Crippen molar-refractivity contribution < 1.29 is 0 Å². The van der Waals surface area contributed by atoms with Gasteiger partial charge >= 0.3 is 0 Å². The number of aromatic nitrogens is 2. The summed E-state index contributed by atoms with van der Waals surface area (Å²) in [5.74, 6) is 0. The summed E-state index contributed by atoms with van der Waals surface area (Å²) in [6, 6.07) is 21.4. The molecule has 174 valence electrons. The average Bonchev–Trinajstić information content (AvgIpc) is 3.70. The molecule has 6 aromatic rings. The highest BCUT2D eigenvalue weighted by atomic mass is 32.1. The summed E-state index contributed by atoms with van der Waals surface area (Å²) in [5.41, 5.74) is 5.76. The predicted molar refractivity (Wildman–Crippen MR) is 156 cm³/mol. The van der Waals surface area contributed by atoms with Crippen LogP contribution in [0.25, 0.3) is 53.5 Å². The molecule has 0 spiro atoms. The van der Waals surface area contributed by atoms with Gasteiger partial charge in [-0.2, -0.15) is 10.5 Å². The van der Waals surface area contributed by atoms with Gasteiger partial charge in [0, 0.05) is 45.0 Å². The first-order chi connectivity index (χ1) is 17.6. The Morgan fingerprint density at radius 3 is 1.50 bits per heavy atom. The van der Waals surface area contributed by atoms with Gasteiger partial charge in [0.1, 0.15) is 12.1 Å². The predicted octanol–water partition coefficient (Wildman–Crippen LogP) is 8.71. The van der Waals surface area contributed by atoms with Crippen LogP contribution in [0.3, 0.4) is 0 Å². The van der Waals surface area contributed by atoms with Gasteiger partial charge in [0.2, 0.25) is 0 Å². The van der Waals surface area contributed by atoms with Gasteiger partial charge in [-0.25, -0.2) is 0 Å². The standard InChI is InChI=1S/C28H18N4S4/c1-31-19(9-17(15-29)23-5-3-7-33-23)11-25-21(31)13-27(35-25)28-14-22-26(36-28)12-20(32(22)2)10-18(16-30)24-6-4-8-34-24/h3-14H,1-2H3/b17-9+,18-10+. The fraction of sp³-hybridized carbons (Fsp3) is 0.0714. The Balaban J connectivity index is 1.34. The highest BCUT2D eigenvalue weighted by Gasteiger charge is 2.16. The maximum absolute atomic E-state index is 9.63. The van der Waals surface area contributed by atoms with Crippen LogP contribution in [0.1, 0.15) is 21.1 Å². The van der Waals surface area contributed by atoms with Crippen LogP contribution in [-0.4, -0.2) is 9.13 Å². The molecule has 36 heavy (non-hydrogen) atoms. The van der Waals surface area contributed by atoms with Crippen LogP contribution in [0, 0.1) is 22.7 Å². The molecule has 0 fully saturated rings. The summed E-state index contributed by atoms with van der Waals surface area (Å²) in [5, 5.41) is 23.2. The van der Waals surface area contributed by atoms with E-state index in [9.17, 15) is 10.5 Å². The molecule has 6 heterocycles. The van der Waals surface area contributed by atoms with E-state index in [1.165, 1.54) is 30.2 Å². The van der Waals surface area contributed by atoms with Gasteiger partial charge in [0.25, 0.3) is 0 Å². The third kappa shape index (κ3) is 3.85. The fourth-order valence-electron chi connectivity index (χ4n) is 4.26. The number of allylic oxidation sites excluding steroid dienone is 2. The molecule has 0 saturated heterocycles. The highest BCUT2D eigenvalue weighted by molar-refractivity contribution is 7.28. The van der Waals surface area contributed by atoms with Crippen LogP contribution in [0.5, 0.6) is 0 Å². The number of nitriles is 2. The minimum atomic E-state index is 0.687. The van der Waals surface area contributed by atoms with Crippen LogP contribution < -0.4 is 0 Å². The minimum Gasteiger partial charge on any atom is -0.343 e. The van der Waals surface area contributed by atoms with Crippen LogP contribution in [0.15, 0.2) is 59.3 Å². The largest absolute Gasteiger partial charge is 0.343 e. The van der Waals surface area contributed by atoms with Gasteiger partial charge in [0.15, 0.2) is 0 Å². The van der Waals surface area contributed by atoms with Crippen molar-refractivity contribution in [3.8, 4) is 21.9 Å². The Morgan fingerprint density at radius 1 is 0.722 bits per heavy atom. The maximum atomic E-state index is 9.63. The zero-order valence-corrected chi connectivity index (χ0v) is 22.6. The smallest absolute Gasteiger partial charge is 0.101 e. The van der Waals surface area contributed by atoms with E-state index in [4.69, 9.17) is 0 Å². The zero-order valence-electron chi connectivity index (χ0n) is 19.4. The Hall–Kier alpha value is -3.66. The second kappa shape index (κ2) is 9.09. The normalized spacial score (nSPS) is 12.4. The Kier molecular flexibility index (Phi) is 5.75. The van der Waals surface area contributed by atoms with Gasteiger partial charge in [-0.1, -0.05) is 12.1 Å². The number of thiophene rings is 4. The lowest BCUT2D eigenvalue weighted by atomic mass is 10.2. The van der Waals surface area contributed by atoms with Crippen LogP contribution in [0.4, 0.5) is 0 Å². The van der Waals surface area contributed by atoms with E-state index in [0.717, 1.165) is 21.1 Å². The second-order valence-electron chi connectivity index (χ2n) is 8.27. The molecule has 0 aliphatic heterocycles. The first-order valence-electron chi connectivity index (χ1n) is 11.1. The quantitative estimate of drug-likeness (QED) is 0.206. The summed E-state index contributed by atoms with van der Waals surface area (Å²) >= 11 is 6.71. The summed E-state index contributed by atoms with van der Waals surface area (Å²) in [4.78, 5) is 4.44. The van der Waals surface area contributed by atoms with Gasteiger partial charge in [-0.3, -0.25) is 0 Å². The van der Waals surface area contributed by atoms with E-state index < -0.39 is 0 Å². The van der Waals surface area contributed by atoms with Gasteiger partial charge < -0.3 is 9.13 Å². The molecule has 6 rings (SSSR count). The molecule has 0 aliphatic rings. The first kappa shape index (κ1) is 22.8. The Labute approximate surface area is 224 Å². The molecule has 4 nitrogen and oxygen atoms in total. The third-order valence-corrected chi connectivity index (χ3v) is 10.3. The van der Waals surface area contributed by atoms with E-state index >= 15 is 0 Å². The summed E-state index contributed by atoms with van der Waals surface area (Å²) in [7, 11) is 4.11. The van der Waals surface area contributed by atoms with Crippen molar-refractivity contribution in [3.63, 3.8) is 0 Å². The van der Waals surface area contributed by atoms with Crippen LogP contribution in [-0.2, 0) is 14.1 Å². The molecule has 8 heteroatoms. The zero-order chi connectivity index (χ0) is 24.8. The summed E-state index contributed by atoms with van der Waals surface area (Å²) in [6.07, 6.45) is 3.94. The molecule has 6 aromatic heterocycles. The molecular formula is C28H18N4S4. The second-order valence-corrected chi connectivity index (χ2v) is 12.3. The van der Waals surface area contributed by atoms with Crippen molar-refractivity contribution in [2.24, 2.45) is 14.1 Å². The number of aryl methyl sites for hydroxylation is 2. The monoisotopic (exact) mass is 538 g/mol. The lowest BCUT2D eigenvalue weighted by molar-refractivity contribution is 0.955. The lowest BCUT2D eigenvalue weighted by Gasteiger charge is -2.00. The van der Waals surface area contributed by atoms with E-state index in [1.54, 1.807) is 45.3 Å². The van der Waals surface area contributed by atoms with E-state index in [0.29, 0.717) is 11.1 Å². The Morgan fingerprint density at radius 2 is 1.17 bits per heavy atom. The van der Waals surface area contributed by atoms with E-state index in [-0.39, 0.29) is 0 Å². The SMILES string of the molecule is Cn1c(/C=C(\C#N)c2cccs2)cc2sc(-c3cc4c(cc(/C=C(\C#N)c5cccs5)n4C)s3)cc21. The molecule has 0 amide bonds. The average molecular weight is 539 g/mol. The molecule has 0 aliphatic carbocycles. The number of hydrogen-bond acceptors (Lipinski definition) is 6. The highest BCUT2D eigenvalue weighted by Crippen LogP contribution is 2.42. The molecule has 0 unspecified atom stereocenters. The van der Waals surface area contributed by atoms with E-state index in [2.05, 4.69) is 59.6 Å². The topological polar surface area (TPSA) is 57.4 Å². The van der Waals surface area contributed by atoms with Crippen LogP contribution >= 0.6 is 45.3 Å². The van der Waals surface area contributed by atoms with Crippen molar-refractivity contribution in [1.29, 1.82) is 10.5 Å². The Bertz CT molecular complexity index is 1730. The van der Waals surface area contributed by atoms with E-state index in [1.807, 2.05) is 47.2 Å². The number of fused-ring (bicyclic) bond motifs is 2. The van der Waals surface area contributed by atoms with Crippen molar-refractivity contribution in [3.05, 3.63) is 80.4 Å². The number of nitrogens with zero attached hydrogens (tertiary/aromatic N) is 4. The number of rotatable bonds is 5. The van der Waals surface area contributed by atoms with Crippen molar-refractivity contribution in [1.82, 2.24) is 9.13 Å². The third-order valence-electron chi connectivity index (χ3n) is 6.18. The number of hydrogen-bond donors (Lipinski definition) is 0. The molecule has 0 N–H and O–H groups in total. The molecule has 0 bridgehead atoms. The fourth-order valence-corrected chi connectivity index (χ4v) is 7.99. The molecule has 0 atom stereocenters. The summed E-state index contributed by atoms with van der Waals surface area (Å²) < 4.78 is 6.73. The lowest BCUT2D eigenvalue weighted by Crippen LogP contribution is -1.90. The van der Waals surface area contributed by atoms with Gasteiger partial charge in [-0.15, -0.1) is 45.3 Å². The van der Waals surface area contributed by atoms with Crippen molar-refractivity contribution in [2.45, 2.75) is 0 Å². The first-order valence-corrected chi connectivity index (χ1v) is 14.4. The van der Waals surface area contributed by atoms with Crippen LogP contribution in [0.2, 0.25) is 0 Å². The molecule has 0 aromatic carbocycles.